The highest BCUT2D eigenvalue weighted by Crippen LogP contribution is 2.07. The van der Waals surface area contributed by atoms with Crippen LogP contribution in [0.1, 0.15) is 34.1 Å². The van der Waals surface area contributed by atoms with E-state index in [2.05, 4.69) is 5.32 Å². The van der Waals surface area contributed by atoms with E-state index in [9.17, 15) is 9.59 Å². The molecule has 0 saturated carbocycles. The first-order valence-corrected chi connectivity index (χ1v) is 5.72. The summed E-state index contributed by atoms with van der Waals surface area (Å²) in [5.41, 5.74) is -0.501. The predicted molar refractivity (Wildman–Crippen MR) is 64.9 cm³/mol. The van der Waals surface area contributed by atoms with E-state index in [-0.39, 0.29) is 18.3 Å². The first-order valence-electron chi connectivity index (χ1n) is 5.72. The molecule has 0 heterocycles. The fraction of sp³-hybridized carbons (Fsp3) is 0.833. The maximum absolute atomic E-state index is 11.3. The van der Waals surface area contributed by atoms with Crippen LogP contribution in [0.2, 0.25) is 0 Å². The summed E-state index contributed by atoms with van der Waals surface area (Å²) in [6.45, 7) is 7.85. The molecular formula is C12H23NO4. The van der Waals surface area contributed by atoms with Crippen LogP contribution in [0.25, 0.3) is 0 Å². The van der Waals surface area contributed by atoms with Crippen molar-refractivity contribution in [3.05, 3.63) is 0 Å². The van der Waals surface area contributed by atoms with Crippen LogP contribution in [0, 0.1) is 5.92 Å². The van der Waals surface area contributed by atoms with Crippen LogP contribution < -0.4 is 5.32 Å². The Kier molecular flexibility index (Phi) is 6.80. The normalized spacial score (nSPS) is 13.0. The fourth-order valence-electron chi connectivity index (χ4n) is 1.25. The molecule has 1 unspecified atom stereocenters. The highest BCUT2D eigenvalue weighted by molar-refractivity contribution is 5.79. The predicted octanol–water partition coefficient (Wildman–Crippen LogP) is 1.75. The molecule has 17 heavy (non-hydrogen) atoms. The van der Waals surface area contributed by atoms with Gasteiger partial charge in [0.2, 0.25) is 0 Å². The third kappa shape index (κ3) is 9.81. The van der Waals surface area contributed by atoms with E-state index in [1.54, 1.807) is 20.8 Å². The average Bonchev–Trinajstić information content (AvgIpc) is 2.12. The van der Waals surface area contributed by atoms with Gasteiger partial charge in [-0.3, -0.25) is 4.79 Å². The number of methoxy groups -OCH3 is 1. The minimum atomic E-state index is -0.501. The minimum absolute atomic E-state index is 0.0333. The van der Waals surface area contributed by atoms with Gasteiger partial charge in [-0.1, -0.05) is 6.92 Å². The Morgan fingerprint density at radius 2 is 1.88 bits per heavy atom. The van der Waals surface area contributed by atoms with Crippen LogP contribution in [0.4, 0.5) is 4.79 Å². The molecular weight excluding hydrogens is 222 g/mol. The highest BCUT2D eigenvalue weighted by Gasteiger charge is 2.17. The van der Waals surface area contributed by atoms with Crippen molar-refractivity contribution in [1.82, 2.24) is 5.32 Å². The summed E-state index contributed by atoms with van der Waals surface area (Å²) in [7, 11) is 1.49. The summed E-state index contributed by atoms with van der Waals surface area (Å²) in [4.78, 5) is 22.6. The third-order valence-electron chi connectivity index (χ3n) is 1.88. The van der Waals surface area contributed by atoms with Crippen LogP contribution in [0.15, 0.2) is 0 Å². The summed E-state index contributed by atoms with van der Waals surface area (Å²) < 4.78 is 9.82. The van der Waals surface area contributed by atoms with Gasteiger partial charge in [0.1, 0.15) is 12.2 Å². The number of Topliss-reactive ketones (excluding diaryl/α,β-unsaturated/α-hetero) is 1. The van der Waals surface area contributed by atoms with Gasteiger partial charge in [0, 0.05) is 20.1 Å². The van der Waals surface area contributed by atoms with Crippen LogP contribution in [0.5, 0.6) is 0 Å². The van der Waals surface area contributed by atoms with Gasteiger partial charge in [0.15, 0.2) is 5.78 Å². The van der Waals surface area contributed by atoms with Crippen molar-refractivity contribution >= 4 is 11.9 Å². The van der Waals surface area contributed by atoms with E-state index < -0.39 is 11.7 Å². The number of ketones is 1. The largest absolute Gasteiger partial charge is 0.444 e. The van der Waals surface area contributed by atoms with Gasteiger partial charge < -0.3 is 14.8 Å². The Hall–Kier alpha value is -1.10. The lowest BCUT2D eigenvalue weighted by atomic mass is 10.1. The van der Waals surface area contributed by atoms with Gasteiger partial charge in [-0.15, -0.1) is 0 Å². The van der Waals surface area contributed by atoms with Crippen molar-refractivity contribution in [2.24, 2.45) is 5.92 Å². The average molecular weight is 245 g/mol. The SMILES string of the molecule is COCC(=O)CC(C)CNC(=O)OC(C)(C)C. The summed E-state index contributed by atoms with van der Waals surface area (Å²) in [5, 5.41) is 2.63. The maximum atomic E-state index is 11.3. The molecule has 1 amide bonds. The topological polar surface area (TPSA) is 64.6 Å². The van der Waals surface area contributed by atoms with Crippen molar-refractivity contribution in [3.8, 4) is 0 Å². The molecule has 0 aliphatic heterocycles. The number of amides is 1. The second-order valence-electron chi connectivity index (χ2n) is 5.16. The van der Waals surface area contributed by atoms with E-state index in [0.29, 0.717) is 13.0 Å². The molecule has 5 nitrogen and oxygen atoms in total. The Balaban J connectivity index is 3.80. The van der Waals surface area contributed by atoms with Crippen LogP contribution in [0.3, 0.4) is 0 Å². The second kappa shape index (κ2) is 7.27. The minimum Gasteiger partial charge on any atom is -0.444 e. The zero-order chi connectivity index (χ0) is 13.5. The molecule has 1 atom stereocenters. The number of nitrogens with one attached hydrogen (secondary N) is 1. The van der Waals surface area contributed by atoms with Crippen molar-refractivity contribution < 1.29 is 19.1 Å². The Labute approximate surface area is 103 Å². The Bertz CT molecular complexity index is 258. The molecule has 0 spiro atoms. The molecule has 100 valence electrons. The number of rotatable bonds is 6. The van der Waals surface area contributed by atoms with Crippen molar-refractivity contribution in [1.29, 1.82) is 0 Å². The monoisotopic (exact) mass is 245 g/mol. The molecule has 5 heteroatoms. The number of hydrogen-bond donors (Lipinski definition) is 1. The first kappa shape index (κ1) is 15.9. The summed E-state index contributed by atoms with van der Waals surface area (Å²) >= 11 is 0. The van der Waals surface area contributed by atoms with Gasteiger partial charge >= 0.3 is 6.09 Å². The number of carbonyl (C=O) groups excluding carboxylic acids is 2. The van der Waals surface area contributed by atoms with Crippen molar-refractivity contribution in [3.63, 3.8) is 0 Å². The van der Waals surface area contributed by atoms with E-state index in [0.717, 1.165) is 0 Å². The smallest absolute Gasteiger partial charge is 0.407 e. The zero-order valence-corrected chi connectivity index (χ0v) is 11.3. The lowest BCUT2D eigenvalue weighted by molar-refractivity contribution is -0.123. The van der Waals surface area contributed by atoms with E-state index in [1.807, 2.05) is 6.92 Å². The second-order valence-corrected chi connectivity index (χ2v) is 5.16. The molecule has 1 N–H and O–H groups in total. The van der Waals surface area contributed by atoms with Crippen LogP contribution >= 0.6 is 0 Å². The van der Waals surface area contributed by atoms with Gasteiger partial charge in [-0.2, -0.15) is 0 Å². The van der Waals surface area contributed by atoms with Gasteiger partial charge in [-0.25, -0.2) is 4.79 Å². The van der Waals surface area contributed by atoms with Crippen molar-refractivity contribution in [2.75, 3.05) is 20.3 Å². The zero-order valence-electron chi connectivity index (χ0n) is 11.3. The lowest BCUT2D eigenvalue weighted by Gasteiger charge is -2.20. The summed E-state index contributed by atoms with van der Waals surface area (Å²) in [6.07, 6.45) is -0.0626. The van der Waals surface area contributed by atoms with E-state index >= 15 is 0 Å². The molecule has 0 fully saturated rings. The van der Waals surface area contributed by atoms with Gasteiger partial charge in [0.25, 0.3) is 0 Å². The van der Waals surface area contributed by atoms with E-state index in [1.165, 1.54) is 7.11 Å². The number of hydrogen-bond acceptors (Lipinski definition) is 4. The Morgan fingerprint density at radius 3 is 2.35 bits per heavy atom. The van der Waals surface area contributed by atoms with Gasteiger partial charge in [0.05, 0.1) is 0 Å². The van der Waals surface area contributed by atoms with Crippen LogP contribution in [-0.4, -0.2) is 37.7 Å². The molecule has 0 aliphatic rings. The molecule has 0 aromatic rings. The molecule has 0 aliphatic carbocycles. The fourth-order valence-corrected chi connectivity index (χ4v) is 1.25. The van der Waals surface area contributed by atoms with Crippen LogP contribution in [-0.2, 0) is 14.3 Å². The van der Waals surface area contributed by atoms with Crippen molar-refractivity contribution in [2.45, 2.75) is 39.7 Å². The quantitative estimate of drug-likeness (QED) is 0.774. The third-order valence-corrected chi connectivity index (χ3v) is 1.88. The molecule has 0 rings (SSSR count). The molecule has 0 saturated heterocycles. The maximum Gasteiger partial charge on any atom is 0.407 e. The number of alkyl carbamates (subject to hydrolysis) is 1. The summed E-state index contributed by atoms with van der Waals surface area (Å²) in [6, 6.07) is 0. The molecule has 0 aromatic carbocycles. The number of ether oxygens (including phenoxy) is 2. The van der Waals surface area contributed by atoms with Gasteiger partial charge in [-0.05, 0) is 26.7 Å². The molecule has 0 aromatic heterocycles. The Morgan fingerprint density at radius 1 is 1.29 bits per heavy atom. The molecule has 0 bridgehead atoms. The first-order chi connectivity index (χ1) is 7.74. The highest BCUT2D eigenvalue weighted by atomic mass is 16.6. The standard InChI is InChI=1S/C12H23NO4/c1-9(6-10(14)8-16-5)7-13-11(15)17-12(2,3)4/h9H,6-8H2,1-5H3,(H,13,15). The molecule has 0 radical (unpaired) electrons. The summed E-state index contributed by atoms with van der Waals surface area (Å²) in [5.74, 6) is 0.108. The number of carbonyl (C=O) groups is 2. The van der Waals surface area contributed by atoms with E-state index in [4.69, 9.17) is 9.47 Å². The lowest BCUT2D eigenvalue weighted by Crippen LogP contribution is -2.35.